The minimum atomic E-state index is 0.865. The van der Waals surface area contributed by atoms with Crippen molar-refractivity contribution in [2.24, 2.45) is 0 Å². The van der Waals surface area contributed by atoms with Crippen molar-refractivity contribution in [3.63, 3.8) is 0 Å². The van der Waals surface area contributed by atoms with Crippen LogP contribution in [0.25, 0.3) is 0 Å². The van der Waals surface area contributed by atoms with Gasteiger partial charge in [-0.05, 0) is 27.2 Å². The molecule has 0 aliphatic heterocycles. The van der Waals surface area contributed by atoms with Crippen LogP contribution >= 0.6 is 28.6 Å². The lowest BCUT2D eigenvalue weighted by molar-refractivity contribution is 1.29. The summed E-state index contributed by atoms with van der Waals surface area (Å²) in [6.45, 7) is 0. The number of aromatic nitrogens is 1. The molecule has 10 heavy (non-hydrogen) atoms. The summed E-state index contributed by atoms with van der Waals surface area (Å²) in [5, 5.41) is 2.49. The highest BCUT2D eigenvalue weighted by Gasteiger charge is 1.87. The van der Waals surface area contributed by atoms with E-state index in [9.17, 15) is 0 Å². The first-order valence-electron chi connectivity index (χ1n) is 2.58. The van der Waals surface area contributed by atoms with Crippen LogP contribution in [0.1, 0.15) is 5.56 Å². The van der Waals surface area contributed by atoms with Crippen LogP contribution in [-0.2, 0) is 0 Å². The molecule has 0 aromatic carbocycles. The highest BCUT2D eigenvalue weighted by atomic mass is 79.9. The number of pyridine rings is 1. The molecule has 1 rings (SSSR count). The van der Waals surface area contributed by atoms with Crippen molar-refractivity contribution in [1.82, 2.24) is 4.98 Å². The minimum absolute atomic E-state index is 0.865. The average molecular weight is 214 g/mol. The fraction of sp³-hybridized carbons (Fsp3) is 0. The number of thiol groups is 1. The summed E-state index contributed by atoms with van der Waals surface area (Å²) in [6.07, 6.45) is 3.40. The Bertz CT molecular complexity index is 287. The number of hydrogen-bond donors (Lipinski definition) is 1. The van der Waals surface area contributed by atoms with Crippen LogP contribution in [0.4, 0.5) is 0 Å². The zero-order valence-electron chi connectivity index (χ0n) is 5.00. The smallest absolute Gasteiger partial charge is 0.0448 e. The quantitative estimate of drug-likeness (QED) is 0.515. The first-order valence-corrected chi connectivity index (χ1v) is 3.82. The summed E-state index contributed by atoms with van der Waals surface area (Å²) in [4.78, 5) is 3.92. The molecule has 0 saturated carbocycles. The third-order valence-corrected chi connectivity index (χ3v) is 1.45. The van der Waals surface area contributed by atoms with Crippen LogP contribution < -0.4 is 0 Å². The van der Waals surface area contributed by atoms with E-state index < -0.39 is 0 Å². The van der Waals surface area contributed by atoms with Crippen molar-refractivity contribution in [2.45, 2.75) is 0 Å². The van der Waals surface area contributed by atoms with Gasteiger partial charge in [-0.25, -0.2) is 0 Å². The Kier molecular flexibility index (Phi) is 2.79. The molecule has 0 bridgehead atoms. The summed E-state index contributed by atoms with van der Waals surface area (Å²) >= 11 is 7.04. The second kappa shape index (κ2) is 3.65. The summed E-state index contributed by atoms with van der Waals surface area (Å²) in [5.74, 6) is 2.77. The minimum Gasteiger partial charge on any atom is -0.262 e. The van der Waals surface area contributed by atoms with Crippen molar-refractivity contribution < 1.29 is 0 Å². The maximum absolute atomic E-state index is 3.92. The number of halogens is 1. The fourth-order valence-corrected chi connectivity index (χ4v) is 1.04. The van der Waals surface area contributed by atoms with Crippen LogP contribution in [0, 0.1) is 11.2 Å². The third kappa shape index (κ3) is 2.05. The molecule has 0 fully saturated rings. The highest BCUT2D eigenvalue weighted by Crippen LogP contribution is 2.07. The molecule has 0 amide bonds. The summed E-state index contributed by atoms with van der Waals surface area (Å²) < 4.78 is 0.932. The van der Waals surface area contributed by atoms with Gasteiger partial charge in [-0.3, -0.25) is 4.98 Å². The van der Waals surface area contributed by atoms with Crippen molar-refractivity contribution in [3.8, 4) is 11.2 Å². The molecular formula is C7H4BrNS. The largest absolute Gasteiger partial charge is 0.262 e. The molecule has 0 aliphatic carbocycles. The Labute approximate surface area is 73.4 Å². The standard InChI is InChI=1S/C7H4BrNS/c8-7-3-6(1-2-10)4-9-5-7/h3-5,10H. The second-order valence-corrected chi connectivity index (χ2v) is 2.77. The summed E-state index contributed by atoms with van der Waals surface area (Å²) in [5.41, 5.74) is 0.865. The zero-order chi connectivity index (χ0) is 7.40. The number of nitrogens with zero attached hydrogens (tertiary/aromatic N) is 1. The highest BCUT2D eigenvalue weighted by molar-refractivity contribution is 9.10. The van der Waals surface area contributed by atoms with Gasteiger partial charge in [0.05, 0.1) is 0 Å². The topological polar surface area (TPSA) is 12.9 Å². The maximum Gasteiger partial charge on any atom is 0.0448 e. The molecule has 3 heteroatoms. The van der Waals surface area contributed by atoms with E-state index in [1.165, 1.54) is 0 Å². The van der Waals surface area contributed by atoms with Gasteiger partial charge in [0.1, 0.15) is 0 Å². The Hall–Kier alpha value is -0.460. The van der Waals surface area contributed by atoms with Gasteiger partial charge in [0.15, 0.2) is 0 Å². The molecule has 1 aromatic rings. The molecule has 0 atom stereocenters. The van der Waals surface area contributed by atoms with Gasteiger partial charge < -0.3 is 0 Å². The molecule has 0 spiro atoms. The lowest BCUT2D eigenvalue weighted by atomic mass is 10.3. The summed E-state index contributed by atoms with van der Waals surface area (Å²) in [7, 11) is 0. The normalized spacial score (nSPS) is 8.20. The van der Waals surface area contributed by atoms with E-state index in [1.807, 2.05) is 6.07 Å². The van der Waals surface area contributed by atoms with Crippen molar-refractivity contribution in [3.05, 3.63) is 28.5 Å². The van der Waals surface area contributed by atoms with Gasteiger partial charge in [-0.1, -0.05) is 18.5 Å². The van der Waals surface area contributed by atoms with Gasteiger partial charge in [0.25, 0.3) is 0 Å². The maximum atomic E-state index is 3.92. The van der Waals surface area contributed by atoms with Crippen molar-refractivity contribution >= 4 is 28.6 Å². The van der Waals surface area contributed by atoms with Crippen LogP contribution in [0.3, 0.4) is 0 Å². The van der Waals surface area contributed by atoms with E-state index in [0.29, 0.717) is 0 Å². The molecule has 0 radical (unpaired) electrons. The lowest BCUT2D eigenvalue weighted by Crippen LogP contribution is -1.76. The van der Waals surface area contributed by atoms with Gasteiger partial charge in [0.2, 0.25) is 0 Å². The van der Waals surface area contributed by atoms with E-state index in [4.69, 9.17) is 0 Å². The summed E-state index contributed by atoms with van der Waals surface area (Å²) in [6, 6.07) is 1.89. The van der Waals surface area contributed by atoms with E-state index in [1.54, 1.807) is 12.4 Å². The van der Waals surface area contributed by atoms with Gasteiger partial charge in [0, 0.05) is 22.4 Å². The fourth-order valence-electron chi connectivity index (χ4n) is 0.545. The van der Waals surface area contributed by atoms with Crippen molar-refractivity contribution in [2.75, 3.05) is 0 Å². The van der Waals surface area contributed by atoms with Crippen LogP contribution in [0.5, 0.6) is 0 Å². The Morgan fingerprint density at radius 2 is 2.30 bits per heavy atom. The Balaban J connectivity index is 3.03. The molecular weight excluding hydrogens is 210 g/mol. The predicted octanol–water partition coefficient (Wildman–Crippen LogP) is 2.08. The third-order valence-electron chi connectivity index (χ3n) is 0.905. The molecule has 0 N–H and O–H groups in total. The Morgan fingerprint density at radius 3 is 2.90 bits per heavy atom. The SMILES string of the molecule is SC#Cc1cncc(Br)c1. The van der Waals surface area contributed by atoms with Gasteiger partial charge in [-0.15, -0.1) is 0 Å². The zero-order valence-corrected chi connectivity index (χ0v) is 7.48. The molecule has 1 nitrogen and oxygen atoms in total. The van der Waals surface area contributed by atoms with Gasteiger partial charge >= 0.3 is 0 Å². The number of hydrogen-bond acceptors (Lipinski definition) is 2. The number of rotatable bonds is 0. The van der Waals surface area contributed by atoms with E-state index >= 15 is 0 Å². The van der Waals surface area contributed by atoms with Crippen molar-refractivity contribution in [1.29, 1.82) is 0 Å². The average Bonchev–Trinajstić information content (AvgIpc) is 1.88. The first-order chi connectivity index (χ1) is 4.83. The molecule has 1 heterocycles. The van der Waals surface area contributed by atoms with Crippen LogP contribution in [0.2, 0.25) is 0 Å². The van der Waals surface area contributed by atoms with E-state index in [-0.39, 0.29) is 0 Å². The van der Waals surface area contributed by atoms with Gasteiger partial charge in [-0.2, -0.15) is 0 Å². The molecule has 0 aliphatic rings. The van der Waals surface area contributed by atoms with Crippen LogP contribution in [0.15, 0.2) is 22.9 Å². The van der Waals surface area contributed by atoms with E-state index in [2.05, 4.69) is 44.7 Å². The molecule has 0 saturated heterocycles. The molecule has 50 valence electrons. The monoisotopic (exact) mass is 213 g/mol. The molecule has 0 unspecified atom stereocenters. The Morgan fingerprint density at radius 1 is 1.50 bits per heavy atom. The van der Waals surface area contributed by atoms with Crippen LogP contribution in [-0.4, -0.2) is 4.98 Å². The predicted molar refractivity (Wildman–Crippen MR) is 47.8 cm³/mol. The van der Waals surface area contributed by atoms with E-state index in [0.717, 1.165) is 10.0 Å². The second-order valence-electron chi connectivity index (χ2n) is 1.63. The molecule has 1 aromatic heterocycles. The first kappa shape index (κ1) is 7.64. The lowest BCUT2D eigenvalue weighted by Gasteiger charge is -1.88.